The lowest BCUT2D eigenvalue weighted by Crippen LogP contribution is -2.55. The number of quaternary nitrogens is 1. The predicted octanol–water partition coefficient (Wildman–Crippen LogP) is 2.32. The van der Waals surface area contributed by atoms with Gasteiger partial charge in [-0.1, -0.05) is 58.3 Å². The van der Waals surface area contributed by atoms with Gasteiger partial charge in [-0.25, -0.2) is 9.48 Å². The Labute approximate surface area is 140 Å². The maximum atomic E-state index is 11.0. The van der Waals surface area contributed by atoms with E-state index in [4.69, 9.17) is 5.73 Å². The Kier molecular flexibility index (Phi) is 9.80. The Hall–Kier alpha value is -1.20. The molecule has 1 aliphatic heterocycles. The Morgan fingerprint density at radius 1 is 1.13 bits per heavy atom. The molecule has 0 aromatic rings. The van der Waals surface area contributed by atoms with Crippen LogP contribution in [-0.2, 0) is 4.79 Å². The second-order valence-electron chi connectivity index (χ2n) is 6.50. The fourth-order valence-corrected chi connectivity index (χ4v) is 3.22. The fraction of sp³-hybridized carbons (Fsp3) is 0.778. The summed E-state index contributed by atoms with van der Waals surface area (Å²) in [5.74, 6) is -0.132. The Morgan fingerprint density at radius 2 is 1.74 bits per heavy atom. The molecule has 0 radical (unpaired) electrons. The van der Waals surface area contributed by atoms with Gasteiger partial charge < -0.3 is 15.6 Å². The van der Waals surface area contributed by atoms with E-state index in [1.807, 2.05) is 6.20 Å². The third-order valence-electron chi connectivity index (χ3n) is 4.53. The highest BCUT2D eigenvalue weighted by Gasteiger charge is 2.34. The van der Waals surface area contributed by atoms with Crippen molar-refractivity contribution < 1.29 is 14.4 Å². The number of unbranched alkanes of at least 4 members (excludes halogenated alkanes) is 8. The van der Waals surface area contributed by atoms with Crippen LogP contribution in [0.5, 0.6) is 0 Å². The molecule has 0 aromatic heterocycles. The van der Waals surface area contributed by atoms with E-state index in [0.717, 1.165) is 18.7 Å². The third-order valence-corrected chi connectivity index (χ3v) is 4.53. The third kappa shape index (κ3) is 7.27. The van der Waals surface area contributed by atoms with Crippen LogP contribution >= 0.6 is 0 Å². The molecule has 1 aliphatic rings. The number of hydrogen-bond acceptors (Lipinski definition) is 4. The Bertz CT molecular complexity index is 407. The monoisotopic (exact) mass is 323 g/mol. The largest absolute Gasteiger partial charge is 0.544 e. The van der Waals surface area contributed by atoms with Gasteiger partial charge in [-0.3, -0.25) is 0 Å². The summed E-state index contributed by atoms with van der Waals surface area (Å²) < 4.78 is 0.246. The fourth-order valence-electron chi connectivity index (χ4n) is 3.22. The van der Waals surface area contributed by atoms with Crippen LogP contribution in [0.15, 0.2) is 17.4 Å². The molecule has 0 aliphatic carbocycles. The van der Waals surface area contributed by atoms with Crippen LogP contribution in [0, 0.1) is 0 Å². The number of carbonyl (C=O) groups is 1. The van der Waals surface area contributed by atoms with Gasteiger partial charge >= 0.3 is 0 Å². The summed E-state index contributed by atoms with van der Waals surface area (Å²) in [5.41, 5.74) is 5.66. The lowest BCUT2D eigenvalue weighted by Gasteiger charge is -2.32. The highest BCUT2D eigenvalue weighted by molar-refractivity contribution is 5.80. The van der Waals surface area contributed by atoms with E-state index in [2.05, 4.69) is 11.9 Å². The molecule has 0 amide bonds. The number of aliphatic imine (C=N–C) groups is 1. The number of carboxylic acids is 1. The van der Waals surface area contributed by atoms with Gasteiger partial charge in [0.15, 0.2) is 0 Å². The summed E-state index contributed by atoms with van der Waals surface area (Å²) in [6.07, 6.45) is 15.9. The van der Waals surface area contributed by atoms with Crippen molar-refractivity contribution in [3.05, 3.63) is 12.4 Å². The van der Waals surface area contributed by atoms with Gasteiger partial charge in [0.25, 0.3) is 0 Å². The van der Waals surface area contributed by atoms with Crippen LogP contribution in [0.4, 0.5) is 0 Å². The van der Waals surface area contributed by atoms with Crippen molar-refractivity contribution in [2.24, 2.45) is 10.7 Å². The number of carbonyl (C=O) groups excluding carboxylic acids is 1. The van der Waals surface area contributed by atoms with Crippen LogP contribution in [0.25, 0.3) is 0 Å². The average molecular weight is 323 g/mol. The average Bonchev–Trinajstić information content (AvgIpc) is 2.87. The summed E-state index contributed by atoms with van der Waals surface area (Å²) in [6, 6.07) is 0. The normalized spacial score (nSPS) is 20.0. The number of nitrogens with zero attached hydrogens (tertiary/aromatic N) is 2. The summed E-state index contributed by atoms with van der Waals surface area (Å²) in [6.45, 7) is 3.18. The zero-order chi connectivity index (χ0) is 17.0. The molecule has 23 heavy (non-hydrogen) atoms. The van der Waals surface area contributed by atoms with Crippen molar-refractivity contribution in [3.8, 4) is 0 Å². The second-order valence-corrected chi connectivity index (χ2v) is 6.50. The SMILES string of the molecule is CCCCCCCCCCCC1=NC=C[N+]1(CCN)CC(=O)[O-]. The van der Waals surface area contributed by atoms with Crippen LogP contribution in [-0.4, -0.2) is 35.9 Å². The minimum absolute atomic E-state index is 0.0655. The molecule has 5 heteroatoms. The lowest BCUT2D eigenvalue weighted by molar-refractivity contribution is -0.780. The number of hydrogen-bond donors (Lipinski definition) is 1. The van der Waals surface area contributed by atoms with E-state index in [0.29, 0.717) is 13.1 Å². The van der Waals surface area contributed by atoms with Crippen LogP contribution in [0.2, 0.25) is 0 Å². The highest BCUT2D eigenvalue weighted by Crippen LogP contribution is 2.21. The summed E-state index contributed by atoms with van der Waals surface area (Å²) in [5, 5.41) is 11.0. The molecule has 132 valence electrons. The lowest BCUT2D eigenvalue weighted by atomic mass is 10.1. The van der Waals surface area contributed by atoms with E-state index in [1.54, 1.807) is 6.20 Å². The first-order valence-electron chi connectivity index (χ1n) is 9.16. The zero-order valence-electron chi connectivity index (χ0n) is 14.6. The van der Waals surface area contributed by atoms with E-state index in [9.17, 15) is 9.90 Å². The van der Waals surface area contributed by atoms with Crippen molar-refractivity contribution in [2.45, 2.75) is 71.1 Å². The molecule has 1 rings (SSSR count). The number of rotatable bonds is 14. The smallest absolute Gasteiger partial charge is 0.207 e. The quantitative estimate of drug-likeness (QED) is 0.393. The molecular weight excluding hydrogens is 290 g/mol. The molecule has 5 nitrogen and oxygen atoms in total. The maximum absolute atomic E-state index is 11.0. The van der Waals surface area contributed by atoms with Crippen molar-refractivity contribution in [1.29, 1.82) is 0 Å². The summed E-state index contributed by atoms with van der Waals surface area (Å²) >= 11 is 0. The molecule has 0 bridgehead atoms. The molecule has 1 atom stereocenters. The van der Waals surface area contributed by atoms with E-state index in [1.165, 1.54) is 51.4 Å². The number of nitrogens with two attached hydrogens (primary N) is 1. The molecule has 1 unspecified atom stereocenters. The predicted molar refractivity (Wildman–Crippen MR) is 92.5 cm³/mol. The number of amidine groups is 1. The van der Waals surface area contributed by atoms with Crippen LogP contribution in [0.3, 0.4) is 0 Å². The standard InChI is InChI=1S/C18H33N3O2/c1-2-3-4-5-6-7-8-9-10-11-17-20-13-15-21(17,14-12-19)16-18(22)23/h13,15H,2-12,14,16,19H2,1H3. The molecule has 2 N–H and O–H groups in total. The van der Waals surface area contributed by atoms with Gasteiger partial charge in [-0.05, 0) is 6.42 Å². The minimum atomic E-state index is -1.05. The molecule has 1 heterocycles. The van der Waals surface area contributed by atoms with E-state index < -0.39 is 5.97 Å². The molecule has 0 aromatic carbocycles. The number of carboxylic acid groups (broad SMARTS) is 1. The highest BCUT2D eigenvalue weighted by atomic mass is 16.4. The van der Waals surface area contributed by atoms with Crippen LogP contribution in [0.1, 0.15) is 71.1 Å². The molecule has 0 fully saturated rings. The van der Waals surface area contributed by atoms with Gasteiger partial charge in [0.05, 0.1) is 12.2 Å². The van der Waals surface area contributed by atoms with Gasteiger partial charge in [0, 0.05) is 13.0 Å². The first kappa shape index (κ1) is 19.8. The summed E-state index contributed by atoms with van der Waals surface area (Å²) in [7, 11) is 0. The molecular formula is C18H33N3O2. The van der Waals surface area contributed by atoms with Crippen LogP contribution < -0.4 is 10.8 Å². The van der Waals surface area contributed by atoms with Crippen molar-refractivity contribution in [2.75, 3.05) is 19.6 Å². The number of aliphatic carboxylic acids is 1. The second kappa shape index (κ2) is 11.4. The van der Waals surface area contributed by atoms with E-state index >= 15 is 0 Å². The van der Waals surface area contributed by atoms with Gasteiger partial charge in [-0.2, -0.15) is 0 Å². The Morgan fingerprint density at radius 3 is 2.30 bits per heavy atom. The van der Waals surface area contributed by atoms with Crippen molar-refractivity contribution in [3.63, 3.8) is 0 Å². The summed E-state index contributed by atoms with van der Waals surface area (Å²) in [4.78, 5) is 15.4. The molecule has 0 spiro atoms. The first-order chi connectivity index (χ1) is 11.1. The topological polar surface area (TPSA) is 78.5 Å². The van der Waals surface area contributed by atoms with E-state index in [-0.39, 0.29) is 11.0 Å². The zero-order valence-corrected chi connectivity index (χ0v) is 14.6. The van der Waals surface area contributed by atoms with Gasteiger partial charge in [0.2, 0.25) is 5.84 Å². The maximum Gasteiger partial charge on any atom is 0.207 e. The first-order valence-corrected chi connectivity index (χ1v) is 9.16. The van der Waals surface area contributed by atoms with Gasteiger partial charge in [0.1, 0.15) is 19.3 Å². The van der Waals surface area contributed by atoms with Crippen molar-refractivity contribution in [1.82, 2.24) is 0 Å². The molecule has 0 saturated carbocycles. The minimum Gasteiger partial charge on any atom is -0.544 e. The van der Waals surface area contributed by atoms with Gasteiger partial charge in [-0.15, -0.1) is 0 Å². The molecule has 0 saturated heterocycles. The Balaban J connectivity index is 2.24. The van der Waals surface area contributed by atoms with Crippen molar-refractivity contribution >= 4 is 11.8 Å².